The predicted octanol–water partition coefficient (Wildman–Crippen LogP) is 2.00. The Morgan fingerprint density at radius 1 is 1.42 bits per heavy atom. The lowest BCUT2D eigenvalue weighted by Gasteiger charge is -2.19. The third-order valence-electron chi connectivity index (χ3n) is 2.87. The summed E-state index contributed by atoms with van der Waals surface area (Å²) in [4.78, 5) is 0.235. The summed E-state index contributed by atoms with van der Waals surface area (Å²) in [5.74, 6) is 0. The average Bonchev–Trinajstić information content (AvgIpc) is 2.33. The molecule has 0 amide bonds. The van der Waals surface area contributed by atoms with Crippen molar-refractivity contribution in [1.29, 1.82) is 0 Å². The summed E-state index contributed by atoms with van der Waals surface area (Å²) in [7, 11) is -0.379. The van der Waals surface area contributed by atoms with E-state index < -0.39 is 10.0 Å². The molecule has 0 saturated carbocycles. The zero-order valence-corrected chi connectivity index (χ0v) is 13.7. The van der Waals surface area contributed by atoms with Crippen LogP contribution in [0.15, 0.2) is 21.5 Å². The Kier molecular flexibility index (Phi) is 5.79. The third kappa shape index (κ3) is 3.92. The van der Waals surface area contributed by atoms with Crippen LogP contribution < -0.4 is 5.73 Å². The van der Waals surface area contributed by atoms with Crippen LogP contribution in [0.25, 0.3) is 0 Å². The van der Waals surface area contributed by atoms with Gasteiger partial charge in [0, 0.05) is 37.5 Å². The maximum Gasteiger partial charge on any atom is 0.243 e. The van der Waals surface area contributed by atoms with Crippen LogP contribution in [0.1, 0.15) is 12.0 Å². The predicted molar refractivity (Wildman–Crippen MR) is 79.6 cm³/mol. The minimum Gasteiger partial charge on any atom is -0.398 e. The smallest absolute Gasteiger partial charge is 0.243 e. The van der Waals surface area contributed by atoms with E-state index in [1.54, 1.807) is 33.2 Å². The molecular formula is C12H19BrN2O3S. The van der Waals surface area contributed by atoms with Gasteiger partial charge >= 0.3 is 0 Å². The van der Waals surface area contributed by atoms with E-state index in [0.717, 1.165) is 0 Å². The molecule has 108 valence electrons. The number of nitrogens with two attached hydrogens (primary N) is 1. The van der Waals surface area contributed by atoms with Gasteiger partial charge in [-0.05, 0) is 31.0 Å². The highest BCUT2D eigenvalue weighted by molar-refractivity contribution is 9.10. The molecule has 0 radical (unpaired) electrons. The van der Waals surface area contributed by atoms with Crippen molar-refractivity contribution >= 4 is 31.6 Å². The van der Waals surface area contributed by atoms with E-state index in [0.29, 0.717) is 35.3 Å². The summed E-state index contributed by atoms with van der Waals surface area (Å²) in [5, 5.41) is 0. The fourth-order valence-corrected chi connectivity index (χ4v) is 3.77. The van der Waals surface area contributed by atoms with Crippen molar-refractivity contribution in [3.05, 3.63) is 22.2 Å². The minimum atomic E-state index is -3.53. The van der Waals surface area contributed by atoms with Gasteiger partial charge in [0.05, 0.1) is 4.90 Å². The number of hydrogen-bond donors (Lipinski definition) is 1. The topological polar surface area (TPSA) is 72.6 Å². The van der Waals surface area contributed by atoms with Gasteiger partial charge in [0.15, 0.2) is 0 Å². The van der Waals surface area contributed by atoms with Crippen molar-refractivity contribution < 1.29 is 13.2 Å². The molecule has 0 aliphatic carbocycles. The molecule has 0 saturated heterocycles. The molecule has 5 nitrogen and oxygen atoms in total. The maximum atomic E-state index is 12.5. The monoisotopic (exact) mass is 350 g/mol. The van der Waals surface area contributed by atoms with Gasteiger partial charge in [-0.1, -0.05) is 15.9 Å². The number of ether oxygens (including phenoxy) is 1. The van der Waals surface area contributed by atoms with E-state index >= 15 is 0 Å². The minimum absolute atomic E-state index is 0.235. The normalized spacial score (nSPS) is 12.1. The van der Waals surface area contributed by atoms with Crippen LogP contribution in [0.2, 0.25) is 0 Å². The van der Waals surface area contributed by atoms with Crippen LogP contribution in [0.3, 0.4) is 0 Å². The van der Waals surface area contributed by atoms with Gasteiger partial charge in [-0.2, -0.15) is 0 Å². The first-order valence-electron chi connectivity index (χ1n) is 5.81. The summed E-state index contributed by atoms with van der Waals surface area (Å²) in [6, 6.07) is 3.27. The molecule has 0 unspecified atom stereocenters. The Balaban J connectivity index is 3.06. The highest BCUT2D eigenvalue weighted by Gasteiger charge is 2.23. The SMILES string of the molecule is COCCCN(C)S(=O)(=O)c1cc(Br)cc(N)c1C. The molecule has 0 aliphatic rings. The van der Waals surface area contributed by atoms with Crippen LogP contribution in [-0.4, -0.2) is 40.0 Å². The van der Waals surface area contributed by atoms with E-state index in [-0.39, 0.29) is 4.90 Å². The van der Waals surface area contributed by atoms with E-state index in [4.69, 9.17) is 10.5 Å². The highest BCUT2D eigenvalue weighted by Crippen LogP contribution is 2.28. The second-order valence-electron chi connectivity index (χ2n) is 4.29. The summed E-state index contributed by atoms with van der Waals surface area (Å²) in [5.41, 5.74) is 6.83. The Labute approximate surface area is 122 Å². The Hall–Kier alpha value is -0.630. The second kappa shape index (κ2) is 6.69. The number of anilines is 1. The van der Waals surface area contributed by atoms with Gasteiger partial charge < -0.3 is 10.5 Å². The average molecular weight is 351 g/mol. The van der Waals surface area contributed by atoms with Crippen LogP contribution >= 0.6 is 15.9 Å². The maximum absolute atomic E-state index is 12.5. The second-order valence-corrected chi connectivity index (χ2v) is 7.22. The van der Waals surface area contributed by atoms with Gasteiger partial charge in [-0.15, -0.1) is 0 Å². The lowest BCUT2D eigenvalue weighted by Crippen LogP contribution is -2.29. The fraction of sp³-hybridized carbons (Fsp3) is 0.500. The van der Waals surface area contributed by atoms with Gasteiger partial charge in [-0.3, -0.25) is 0 Å². The van der Waals surface area contributed by atoms with Crippen molar-refractivity contribution in [2.45, 2.75) is 18.2 Å². The number of benzene rings is 1. The zero-order chi connectivity index (χ0) is 14.6. The molecule has 0 aliphatic heterocycles. The Morgan fingerprint density at radius 2 is 2.05 bits per heavy atom. The number of halogens is 1. The molecule has 0 fully saturated rings. The van der Waals surface area contributed by atoms with Crippen LogP contribution in [-0.2, 0) is 14.8 Å². The number of sulfonamides is 1. The van der Waals surface area contributed by atoms with Gasteiger partial charge in [0.1, 0.15) is 0 Å². The lowest BCUT2D eigenvalue weighted by molar-refractivity contribution is 0.189. The Morgan fingerprint density at radius 3 is 2.63 bits per heavy atom. The summed E-state index contributed by atoms with van der Waals surface area (Å²) in [6.45, 7) is 2.64. The molecule has 0 heterocycles. The van der Waals surface area contributed by atoms with E-state index in [1.165, 1.54) is 4.31 Å². The molecule has 19 heavy (non-hydrogen) atoms. The largest absolute Gasteiger partial charge is 0.398 e. The quantitative estimate of drug-likeness (QED) is 0.629. The molecule has 0 atom stereocenters. The molecule has 1 aromatic rings. The highest BCUT2D eigenvalue weighted by atomic mass is 79.9. The van der Waals surface area contributed by atoms with Crippen LogP contribution in [0.4, 0.5) is 5.69 Å². The molecule has 0 aromatic heterocycles. The number of nitrogen functional groups attached to an aromatic ring is 1. The number of nitrogens with zero attached hydrogens (tertiary/aromatic N) is 1. The molecule has 1 aromatic carbocycles. The molecule has 7 heteroatoms. The van der Waals surface area contributed by atoms with Gasteiger partial charge in [-0.25, -0.2) is 12.7 Å². The zero-order valence-electron chi connectivity index (χ0n) is 11.3. The summed E-state index contributed by atoms with van der Waals surface area (Å²) in [6.07, 6.45) is 0.648. The first-order chi connectivity index (χ1) is 8.80. The van der Waals surface area contributed by atoms with E-state index in [2.05, 4.69) is 15.9 Å². The van der Waals surface area contributed by atoms with Crippen molar-refractivity contribution in [3.8, 4) is 0 Å². The number of hydrogen-bond acceptors (Lipinski definition) is 4. The number of rotatable bonds is 6. The molecular weight excluding hydrogens is 332 g/mol. The van der Waals surface area contributed by atoms with E-state index in [1.807, 2.05) is 0 Å². The van der Waals surface area contributed by atoms with Gasteiger partial charge in [0.25, 0.3) is 0 Å². The first-order valence-corrected chi connectivity index (χ1v) is 8.05. The standard InChI is InChI=1S/C12H19BrN2O3S/c1-9-11(14)7-10(13)8-12(9)19(16,17)15(2)5-4-6-18-3/h7-8H,4-6,14H2,1-3H3. The summed E-state index contributed by atoms with van der Waals surface area (Å²) >= 11 is 3.27. The lowest BCUT2D eigenvalue weighted by atomic mass is 10.2. The van der Waals surface area contributed by atoms with Crippen LogP contribution in [0, 0.1) is 6.92 Å². The van der Waals surface area contributed by atoms with Crippen molar-refractivity contribution in [1.82, 2.24) is 4.31 Å². The third-order valence-corrected chi connectivity index (χ3v) is 5.32. The van der Waals surface area contributed by atoms with Crippen molar-refractivity contribution in [2.75, 3.05) is 33.0 Å². The first kappa shape index (κ1) is 16.4. The van der Waals surface area contributed by atoms with Crippen LogP contribution in [0.5, 0.6) is 0 Å². The molecule has 0 spiro atoms. The number of methoxy groups -OCH3 is 1. The molecule has 2 N–H and O–H groups in total. The van der Waals surface area contributed by atoms with Crippen molar-refractivity contribution in [2.24, 2.45) is 0 Å². The van der Waals surface area contributed by atoms with Crippen molar-refractivity contribution in [3.63, 3.8) is 0 Å². The van der Waals surface area contributed by atoms with E-state index in [9.17, 15) is 8.42 Å². The molecule has 0 bridgehead atoms. The summed E-state index contributed by atoms with van der Waals surface area (Å²) < 4.78 is 31.8. The fourth-order valence-electron chi connectivity index (χ4n) is 1.66. The molecule has 1 rings (SSSR count). The van der Waals surface area contributed by atoms with Gasteiger partial charge in [0.2, 0.25) is 10.0 Å². The Bertz CT molecular complexity index is 546.